The Bertz CT molecular complexity index is 898. The molecule has 0 atom stereocenters. The largest absolute Gasteiger partial charge is 2.00 e. The smallest absolute Gasteiger partial charge is 0.505 e. The first-order valence-electron chi connectivity index (χ1n) is 11.2. The van der Waals surface area contributed by atoms with Gasteiger partial charge in [0.1, 0.15) is 0 Å². The summed E-state index contributed by atoms with van der Waals surface area (Å²) in [6.07, 6.45) is 17.3. The van der Waals surface area contributed by atoms with Crippen molar-refractivity contribution in [3.05, 3.63) is 108 Å². The molecule has 0 bridgehead atoms. The van der Waals surface area contributed by atoms with Gasteiger partial charge in [-0.3, -0.25) is 12.2 Å². The van der Waals surface area contributed by atoms with Crippen LogP contribution in [-0.2, 0) is 26.2 Å². The molecular formula is C30H36F2O2Zr. The third-order valence-corrected chi connectivity index (χ3v) is 4.71. The van der Waals surface area contributed by atoms with E-state index in [2.05, 4.69) is 78.0 Å². The zero-order chi connectivity index (χ0) is 25.8. The minimum atomic E-state index is -0.576. The molecule has 4 rings (SSSR count). The number of hydrogen-bond acceptors (Lipinski definition) is 2. The standard InChI is InChI=1S/2C9H13.2C6H5FO.Zr/c2*1-9(2,3)8-6-4-5-7-8;2*7-5-3-1-2-4-6(5)8;/h2*4,6H,5H2,1-3H3;2*1-4,8H;/q2*-1;;;+2. The average Bonchev–Trinajstić information content (AvgIpc) is 3.47. The summed E-state index contributed by atoms with van der Waals surface area (Å²) < 4.78 is 24.1. The van der Waals surface area contributed by atoms with Crippen molar-refractivity contribution in [3.63, 3.8) is 0 Å². The van der Waals surface area contributed by atoms with Crippen LogP contribution >= 0.6 is 0 Å². The molecule has 0 heterocycles. The third-order valence-electron chi connectivity index (χ3n) is 4.71. The molecule has 35 heavy (non-hydrogen) atoms. The first-order valence-corrected chi connectivity index (χ1v) is 11.2. The van der Waals surface area contributed by atoms with Crippen LogP contribution < -0.4 is 0 Å². The summed E-state index contributed by atoms with van der Waals surface area (Å²) in [5.74, 6) is -1.75. The first kappa shape index (κ1) is 32.7. The van der Waals surface area contributed by atoms with Crippen molar-refractivity contribution < 1.29 is 45.2 Å². The molecule has 0 fully saturated rings. The molecule has 2 nitrogen and oxygen atoms in total. The minimum absolute atomic E-state index is 0. The van der Waals surface area contributed by atoms with Gasteiger partial charge in [-0.05, 0) is 35.1 Å². The third kappa shape index (κ3) is 13.4. The van der Waals surface area contributed by atoms with E-state index in [1.54, 1.807) is 12.1 Å². The normalized spacial score (nSPS) is 13.6. The van der Waals surface area contributed by atoms with Crippen LogP contribution in [-0.4, -0.2) is 10.2 Å². The number of allylic oxidation sites excluding steroid dienone is 8. The molecule has 0 spiro atoms. The second-order valence-electron chi connectivity index (χ2n) is 9.80. The van der Waals surface area contributed by atoms with Gasteiger partial charge in [0.25, 0.3) is 0 Å². The van der Waals surface area contributed by atoms with Gasteiger partial charge < -0.3 is 10.2 Å². The fraction of sp³-hybridized carbons (Fsp3) is 0.333. The number of phenols is 2. The van der Waals surface area contributed by atoms with Gasteiger partial charge in [-0.25, -0.2) is 32.1 Å². The second-order valence-corrected chi connectivity index (χ2v) is 9.80. The van der Waals surface area contributed by atoms with Crippen LogP contribution in [0.3, 0.4) is 0 Å². The van der Waals surface area contributed by atoms with Crippen molar-refractivity contribution >= 4 is 0 Å². The molecule has 0 unspecified atom stereocenters. The summed E-state index contributed by atoms with van der Waals surface area (Å²) in [5.41, 5.74) is 3.30. The Morgan fingerprint density at radius 1 is 0.629 bits per heavy atom. The van der Waals surface area contributed by atoms with E-state index in [1.807, 2.05) is 0 Å². The zero-order valence-electron chi connectivity index (χ0n) is 21.5. The summed E-state index contributed by atoms with van der Waals surface area (Å²) in [4.78, 5) is 0. The number of hydrogen-bond donors (Lipinski definition) is 2. The predicted octanol–water partition coefficient (Wildman–Crippen LogP) is 8.50. The Kier molecular flexibility index (Phi) is 14.7. The first-order chi connectivity index (χ1) is 15.8. The van der Waals surface area contributed by atoms with Crippen LogP contribution in [0.25, 0.3) is 0 Å². The van der Waals surface area contributed by atoms with Crippen LogP contribution in [0.2, 0.25) is 0 Å². The van der Waals surface area contributed by atoms with Gasteiger partial charge in [-0.1, -0.05) is 65.8 Å². The van der Waals surface area contributed by atoms with E-state index in [0.29, 0.717) is 10.8 Å². The Balaban J connectivity index is 0.000000437. The molecule has 2 aromatic rings. The monoisotopic (exact) mass is 556 g/mol. The van der Waals surface area contributed by atoms with E-state index in [0.717, 1.165) is 12.8 Å². The van der Waals surface area contributed by atoms with Gasteiger partial charge in [0.15, 0.2) is 23.1 Å². The van der Waals surface area contributed by atoms with Gasteiger partial charge in [0, 0.05) is 0 Å². The fourth-order valence-corrected chi connectivity index (χ4v) is 2.74. The second kappa shape index (κ2) is 15.7. The van der Waals surface area contributed by atoms with Crippen molar-refractivity contribution in [2.45, 2.75) is 54.4 Å². The van der Waals surface area contributed by atoms with Crippen molar-refractivity contribution in [2.75, 3.05) is 0 Å². The van der Waals surface area contributed by atoms with Gasteiger partial charge in [0.05, 0.1) is 0 Å². The van der Waals surface area contributed by atoms with Crippen molar-refractivity contribution in [1.29, 1.82) is 0 Å². The van der Waals surface area contributed by atoms with Crippen LogP contribution in [0.1, 0.15) is 54.4 Å². The van der Waals surface area contributed by atoms with E-state index in [1.165, 1.54) is 47.5 Å². The molecule has 0 saturated heterocycles. The molecule has 0 aromatic heterocycles. The Morgan fingerprint density at radius 2 is 0.943 bits per heavy atom. The van der Waals surface area contributed by atoms with Crippen molar-refractivity contribution in [2.24, 2.45) is 10.8 Å². The van der Waals surface area contributed by atoms with E-state index >= 15 is 0 Å². The molecule has 0 saturated carbocycles. The quantitative estimate of drug-likeness (QED) is 0.319. The SMILES string of the molecule is CC(C)(C)C1=[C-]CC=C1.CC(C)(C)C1=[C-]CC=C1.Oc1ccccc1F.Oc1ccccc1F.[Zr+2]. The van der Waals surface area contributed by atoms with E-state index in [4.69, 9.17) is 10.2 Å². The topological polar surface area (TPSA) is 40.5 Å². The molecule has 2 aliphatic rings. The van der Waals surface area contributed by atoms with Gasteiger partial charge in [-0.15, -0.1) is 12.8 Å². The maximum Gasteiger partial charge on any atom is 2.00 e. The Morgan fingerprint density at radius 3 is 1.09 bits per heavy atom. The molecule has 2 aliphatic carbocycles. The molecular weight excluding hydrogens is 522 g/mol. The van der Waals surface area contributed by atoms with Gasteiger partial charge in [0.2, 0.25) is 0 Å². The molecule has 0 aliphatic heterocycles. The molecule has 0 radical (unpaired) electrons. The number of rotatable bonds is 0. The van der Waals surface area contributed by atoms with E-state index in [9.17, 15) is 8.78 Å². The molecule has 2 aromatic carbocycles. The van der Waals surface area contributed by atoms with Crippen molar-refractivity contribution in [1.82, 2.24) is 0 Å². The Hall–Kier alpha value is -2.26. The molecule has 5 heteroatoms. The van der Waals surface area contributed by atoms with E-state index in [-0.39, 0.29) is 37.7 Å². The summed E-state index contributed by atoms with van der Waals surface area (Å²) in [6, 6.07) is 11.2. The maximum atomic E-state index is 12.1. The van der Waals surface area contributed by atoms with Gasteiger partial charge in [-0.2, -0.15) is 12.2 Å². The predicted molar refractivity (Wildman–Crippen MR) is 136 cm³/mol. The van der Waals surface area contributed by atoms with Crippen molar-refractivity contribution in [3.8, 4) is 11.5 Å². The molecule has 186 valence electrons. The zero-order valence-corrected chi connectivity index (χ0v) is 24.0. The minimum Gasteiger partial charge on any atom is -0.505 e. The van der Waals surface area contributed by atoms with Crippen LogP contribution in [0, 0.1) is 34.6 Å². The maximum absolute atomic E-state index is 12.1. The average molecular weight is 558 g/mol. The summed E-state index contributed by atoms with van der Waals surface area (Å²) in [6.45, 7) is 13.3. The van der Waals surface area contributed by atoms with Crippen LogP contribution in [0.4, 0.5) is 8.78 Å². The van der Waals surface area contributed by atoms with Crippen LogP contribution in [0.5, 0.6) is 11.5 Å². The molecule has 2 N–H and O–H groups in total. The molecule has 0 amide bonds. The number of phenolic OH excluding ortho intramolecular Hbond substituents is 2. The number of benzene rings is 2. The summed E-state index contributed by atoms with van der Waals surface area (Å²) in [5, 5.41) is 17.1. The number of aromatic hydroxyl groups is 2. The summed E-state index contributed by atoms with van der Waals surface area (Å²) >= 11 is 0. The summed E-state index contributed by atoms with van der Waals surface area (Å²) in [7, 11) is 0. The van der Waals surface area contributed by atoms with Gasteiger partial charge >= 0.3 is 26.2 Å². The fourth-order valence-electron chi connectivity index (χ4n) is 2.74. The van der Waals surface area contributed by atoms with Crippen LogP contribution in [0.15, 0.2) is 84.0 Å². The van der Waals surface area contributed by atoms with E-state index < -0.39 is 11.6 Å². The Labute approximate surface area is 228 Å². The number of halogens is 2. The number of para-hydroxylation sites is 2.